The van der Waals surface area contributed by atoms with Gasteiger partial charge in [-0.2, -0.15) is 0 Å². The number of Topliss-reactive ketones (excluding diaryl/α,β-unsaturated/α-hetero) is 1. The molecule has 0 saturated carbocycles. The van der Waals surface area contributed by atoms with E-state index in [1.807, 2.05) is 0 Å². The Morgan fingerprint density at radius 1 is 1.13 bits per heavy atom. The van der Waals surface area contributed by atoms with E-state index in [0.29, 0.717) is 0 Å². The summed E-state index contributed by atoms with van der Waals surface area (Å²) in [6.07, 6.45) is -15.8. The molecule has 2 aliphatic heterocycles. The number of nitrogens with one attached hydrogen (secondary N) is 3. The van der Waals surface area contributed by atoms with Gasteiger partial charge in [-0.15, -0.1) is 0 Å². The van der Waals surface area contributed by atoms with E-state index in [1.165, 1.54) is 34.0 Å². The Morgan fingerprint density at radius 3 is 2.32 bits per heavy atom. The first kappa shape index (κ1) is 49.8. The maximum atomic E-state index is 13.8. The minimum Gasteiger partial charge on any atom is -0.508 e. The van der Waals surface area contributed by atoms with Crippen LogP contribution in [0, 0.1) is 5.41 Å². The molecule has 0 spiro atoms. The number of carboxylic acids is 2. The summed E-state index contributed by atoms with van der Waals surface area (Å²) < 4.78 is 39.3. The number of allylic oxidation sites excluding steroid dienone is 1. The van der Waals surface area contributed by atoms with E-state index in [2.05, 4.69) is 10.6 Å². The van der Waals surface area contributed by atoms with Crippen LogP contribution < -0.4 is 10.6 Å². The number of aliphatic hydroxyl groups excluding tert-OH is 2. The van der Waals surface area contributed by atoms with Gasteiger partial charge in [-0.1, -0.05) is 30.1 Å². The molecule has 4 unspecified atom stereocenters. The van der Waals surface area contributed by atoms with E-state index in [9.17, 15) is 64.2 Å². The lowest BCUT2D eigenvalue weighted by Crippen LogP contribution is -2.70. The van der Waals surface area contributed by atoms with Gasteiger partial charge >= 0.3 is 23.9 Å². The number of rotatable bonds is 17. The highest BCUT2D eigenvalue weighted by molar-refractivity contribution is 8.23. The molecule has 0 radical (unpaired) electrons. The SMILES string of the molecule is C/C=C(/NC(=S)SCC(NC(C)=O)C(=O)O)C(=O)O[C@H]1[C@@H](O[C@@H]2C[C@H](OC)[C@@](O)(C(C)OC=O)[C@H](C)O2)[C@@H](O)C(C2(O)CC(=O)C(=N)C(C(=O)O)=C2O)O[C@@H]1COC(C)=O. The molecule has 2 heterocycles. The van der Waals surface area contributed by atoms with Crippen molar-refractivity contribution in [2.75, 3.05) is 19.5 Å². The third-order valence-corrected chi connectivity index (χ3v) is 11.2. The second-order valence-corrected chi connectivity index (χ2v) is 15.4. The van der Waals surface area contributed by atoms with Crippen molar-refractivity contribution in [2.24, 2.45) is 0 Å². The molecule has 0 aromatic carbocycles. The van der Waals surface area contributed by atoms with Crippen LogP contribution in [-0.2, 0) is 66.7 Å². The smallest absolute Gasteiger partial charge is 0.354 e. The number of ketones is 1. The molecule has 25 heteroatoms. The van der Waals surface area contributed by atoms with Gasteiger partial charge in [0.05, 0.1) is 18.6 Å². The van der Waals surface area contributed by atoms with E-state index in [1.54, 1.807) is 0 Å². The number of esters is 2. The summed E-state index contributed by atoms with van der Waals surface area (Å²) in [5.74, 6) is -9.14. The number of ether oxygens (including phenoxy) is 7. The number of carboxylic acid groups (broad SMARTS) is 2. The number of carbonyl (C=O) groups is 7. The van der Waals surface area contributed by atoms with Gasteiger partial charge in [0.1, 0.15) is 70.2 Å². The van der Waals surface area contributed by atoms with Gasteiger partial charge in [-0.05, 0) is 20.8 Å². The predicted molar refractivity (Wildman–Crippen MR) is 204 cm³/mol. The summed E-state index contributed by atoms with van der Waals surface area (Å²) in [4.78, 5) is 85.0. The quantitative estimate of drug-likeness (QED) is 0.0254. The molecule has 0 bridgehead atoms. The van der Waals surface area contributed by atoms with Crippen molar-refractivity contribution >= 4 is 76.1 Å². The molecule has 60 heavy (non-hydrogen) atoms. The van der Waals surface area contributed by atoms with Crippen molar-refractivity contribution in [3.8, 4) is 0 Å². The standard InChI is InChI=1S/C35H47N3O20S2/c1-7-17(38-33(59)60-11-18(30(45)46)37-15(4)40)32(49)58-26-20(10-53-16(5)41)56-29(34(50)9-19(42)24(36)23(28(34)44)31(47)48)25(43)27(26)57-22-8-21(52-6)35(51,14(3)55-22)13(2)54-12-39/h7,12-14,18,20-22,25-27,29,36,43-44,50-51H,8-11H2,1-6H3,(H,37,40)(H,38,59)(H,45,46)(H,47,48)/b17-7+,36-24?/t13?,14-,18?,20+,21-,22+,25+,26+,27-,29?,34?,35+/m0/s1. The third kappa shape index (κ3) is 11.0. The fourth-order valence-electron chi connectivity index (χ4n) is 6.79. The number of amides is 1. The van der Waals surface area contributed by atoms with Crippen LogP contribution in [0.1, 0.15) is 47.5 Å². The van der Waals surface area contributed by atoms with Crippen LogP contribution in [0.5, 0.6) is 0 Å². The van der Waals surface area contributed by atoms with Crippen LogP contribution in [0.2, 0.25) is 0 Å². The Labute approximate surface area is 351 Å². The van der Waals surface area contributed by atoms with Gasteiger partial charge in [-0.25, -0.2) is 14.4 Å². The Morgan fingerprint density at radius 2 is 1.78 bits per heavy atom. The van der Waals surface area contributed by atoms with Crippen molar-refractivity contribution in [1.29, 1.82) is 5.41 Å². The fraction of sp³-hybridized carbons (Fsp3) is 0.629. The second-order valence-electron chi connectivity index (χ2n) is 13.7. The van der Waals surface area contributed by atoms with Crippen molar-refractivity contribution in [1.82, 2.24) is 10.6 Å². The van der Waals surface area contributed by atoms with Crippen molar-refractivity contribution in [3.05, 3.63) is 23.1 Å². The number of hydrogen-bond acceptors (Lipinski definition) is 21. The molecule has 1 aliphatic carbocycles. The lowest BCUT2D eigenvalue weighted by Gasteiger charge is -2.52. The summed E-state index contributed by atoms with van der Waals surface area (Å²) in [5, 5.41) is 78.4. The average Bonchev–Trinajstić information content (AvgIpc) is 3.16. The van der Waals surface area contributed by atoms with Gasteiger partial charge < -0.3 is 74.4 Å². The number of aliphatic carboxylic acids is 2. The van der Waals surface area contributed by atoms with Crippen LogP contribution in [-0.4, -0.2) is 175 Å². The summed E-state index contributed by atoms with van der Waals surface area (Å²) in [6.45, 7) is 5.50. The molecule has 3 rings (SSSR count). The molecule has 9 N–H and O–H groups in total. The number of thiocarbonyl (C=S) groups is 1. The molecule has 12 atom stereocenters. The highest BCUT2D eigenvalue weighted by Crippen LogP contribution is 2.42. The molecule has 23 nitrogen and oxygen atoms in total. The van der Waals surface area contributed by atoms with Gasteiger partial charge in [0, 0.05) is 33.1 Å². The van der Waals surface area contributed by atoms with Crippen LogP contribution in [0.4, 0.5) is 0 Å². The summed E-state index contributed by atoms with van der Waals surface area (Å²) in [5.41, 5.74) is -7.94. The van der Waals surface area contributed by atoms with Gasteiger partial charge in [0.15, 0.2) is 29.4 Å². The minimum atomic E-state index is -3.10. The zero-order chi connectivity index (χ0) is 45.4. The van der Waals surface area contributed by atoms with Crippen LogP contribution in [0.3, 0.4) is 0 Å². The molecule has 334 valence electrons. The first-order chi connectivity index (χ1) is 28.0. The highest BCUT2D eigenvalue weighted by Gasteiger charge is 2.62. The van der Waals surface area contributed by atoms with Gasteiger partial charge in [-0.3, -0.25) is 24.6 Å². The van der Waals surface area contributed by atoms with Crippen LogP contribution in [0.15, 0.2) is 23.1 Å². The molecule has 0 aromatic heterocycles. The lowest BCUT2D eigenvalue weighted by atomic mass is 9.74. The normalized spacial score (nSPS) is 31.9. The van der Waals surface area contributed by atoms with Gasteiger partial charge in [0.25, 0.3) is 6.47 Å². The van der Waals surface area contributed by atoms with Crippen LogP contribution >= 0.6 is 24.0 Å². The Kier molecular flexibility index (Phi) is 17.2. The second kappa shape index (κ2) is 20.8. The zero-order valence-electron chi connectivity index (χ0n) is 33.0. The molecular weight excluding hydrogens is 847 g/mol. The number of hydrogen-bond donors (Lipinski definition) is 9. The molecular formula is C35H47N3O20S2. The lowest BCUT2D eigenvalue weighted by molar-refractivity contribution is -0.344. The molecule has 3 aliphatic rings. The van der Waals surface area contributed by atoms with E-state index in [4.69, 9.17) is 50.8 Å². The summed E-state index contributed by atoms with van der Waals surface area (Å²) in [6, 6.07) is -1.36. The van der Waals surface area contributed by atoms with Crippen molar-refractivity contribution < 1.29 is 97.4 Å². The fourth-order valence-corrected chi connectivity index (χ4v) is 7.83. The largest absolute Gasteiger partial charge is 0.508 e. The molecule has 2 fully saturated rings. The Bertz CT molecular complexity index is 1790. The number of aliphatic hydroxyl groups is 4. The predicted octanol–water partition coefficient (Wildman–Crippen LogP) is -1.86. The molecule has 1 amide bonds. The van der Waals surface area contributed by atoms with E-state index in [-0.39, 0.29) is 28.7 Å². The zero-order valence-corrected chi connectivity index (χ0v) is 34.6. The van der Waals surface area contributed by atoms with E-state index >= 15 is 0 Å². The van der Waals surface area contributed by atoms with Gasteiger partial charge in [0.2, 0.25) is 5.91 Å². The van der Waals surface area contributed by atoms with Crippen LogP contribution in [0.25, 0.3) is 0 Å². The van der Waals surface area contributed by atoms with E-state index in [0.717, 1.165) is 25.6 Å². The molecule has 2 saturated heterocycles. The first-order valence-corrected chi connectivity index (χ1v) is 19.3. The monoisotopic (exact) mass is 893 g/mol. The summed E-state index contributed by atoms with van der Waals surface area (Å²) >= 11 is 6.00. The Hall–Kier alpha value is -4.60. The summed E-state index contributed by atoms with van der Waals surface area (Å²) in [7, 11) is 1.22. The number of methoxy groups -OCH3 is 1. The average molecular weight is 894 g/mol. The van der Waals surface area contributed by atoms with Crippen molar-refractivity contribution in [2.45, 2.75) is 120 Å². The maximum absolute atomic E-state index is 13.8. The Balaban J connectivity index is 2.10. The topological polar surface area (TPSA) is 353 Å². The third-order valence-electron chi connectivity index (χ3n) is 9.88. The number of thioether (sulfide) groups is 1. The highest BCUT2D eigenvalue weighted by atomic mass is 32.2. The van der Waals surface area contributed by atoms with E-state index < -0.39 is 138 Å². The number of carbonyl (C=O) groups excluding carboxylic acids is 5. The maximum Gasteiger partial charge on any atom is 0.354 e. The molecule has 0 aromatic rings. The first-order valence-electron chi connectivity index (χ1n) is 17.9. The minimum absolute atomic E-state index is 0.102. The van der Waals surface area contributed by atoms with Crippen molar-refractivity contribution in [3.63, 3.8) is 0 Å².